The number of fused-ring (bicyclic) bond motifs is 3. The van der Waals surface area contributed by atoms with E-state index in [0.29, 0.717) is 0 Å². The lowest BCUT2D eigenvalue weighted by atomic mass is 9.97. The third-order valence-corrected chi connectivity index (χ3v) is 7.28. The minimum Gasteiger partial charge on any atom is -0.497 e. The summed E-state index contributed by atoms with van der Waals surface area (Å²) >= 11 is 0. The first-order chi connectivity index (χ1) is 18.5. The molecule has 1 N–H and O–H groups in total. The Hall–Kier alpha value is -4.52. The second-order valence-corrected chi connectivity index (χ2v) is 9.89. The number of carbonyl (C=O) groups is 2. The van der Waals surface area contributed by atoms with Crippen molar-refractivity contribution in [1.29, 1.82) is 0 Å². The van der Waals surface area contributed by atoms with Crippen molar-refractivity contribution in [3.8, 4) is 11.4 Å². The molecule has 0 radical (unpaired) electrons. The van der Waals surface area contributed by atoms with Crippen molar-refractivity contribution in [3.05, 3.63) is 108 Å². The molecule has 192 valence electrons. The quantitative estimate of drug-likeness (QED) is 0.353. The highest BCUT2D eigenvalue weighted by Crippen LogP contribution is 2.43. The molecule has 1 aliphatic heterocycles. The van der Waals surface area contributed by atoms with Crippen LogP contribution in [0.15, 0.2) is 91.1 Å². The SMILES string of the molecule is COc1ccc(C2c3cccn3-c3ccccc3N2C(=O)CN(C(=O)Nc2ccc(C)cc2)C2CC2)cc1. The molecule has 1 fully saturated rings. The first-order valence-electron chi connectivity index (χ1n) is 12.9. The molecule has 0 spiro atoms. The summed E-state index contributed by atoms with van der Waals surface area (Å²) in [6.07, 6.45) is 3.82. The van der Waals surface area contributed by atoms with Crippen LogP contribution in [0.25, 0.3) is 5.69 Å². The van der Waals surface area contributed by atoms with Crippen LogP contribution in [0.4, 0.5) is 16.2 Å². The third kappa shape index (κ3) is 4.41. The molecule has 1 atom stereocenters. The maximum atomic E-state index is 14.2. The number of aromatic nitrogens is 1. The van der Waals surface area contributed by atoms with Crippen molar-refractivity contribution in [2.75, 3.05) is 23.9 Å². The third-order valence-electron chi connectivity index (χ3n) is 7.28. The molecular formula is C31H30N4O3. The number of rotatable bonds is 6. The molecule has 2 aliphatic rings. The zero-order valence-corrected chi connectivity index (χ0v) is 21.5. The number of carbonyl (C=O) groups excluding carboxylic acids is 2. The second-order valence-electron chi connectivity index (χ2n) is 9.89. The van der Waals surface area contributed by atoms with E-state index >= 15 is 0 Å². The lowest BCUT2D eigenvalue weighted by Gasteiger charge is -2.39. The van der Waals surface area contributed by atoms with E-state index in [0.717, 1.165) is 52.5 Å². The first kappa shape index (κ1) is 23.9. The van der Waals surface area contributed by atoms with Gasteiger partial charge in [-0.05, 0) is 73.9 Å². The topological polar surface area (TPSA) is 66.8 Å². The van der Waals surface area contributed by atoms with Crippen LogP contribution in [-0.4, -0.2) is 41.1 Å². The highest BCUT2D eigenvalue weighted by Gasteiger charge is 2.40. The number of hydrogen-bond donors (Lipinski definition) is 1. The maximum absolute atomic E-state index is 14.2. The van der Waals surface area contributed by atoms with Crippen LogP contribution in [-0.2, 0) is 4.79 Å². The Labute approximate surface area is 222 Å². The molecule has 4 aromatic rings. The van der Waals surface area contributed by atoms with Gasteiger partial charge in [0.2, 0.25) is 5.91 Å². The minimum atomic E-state index is -0.348. The molecule has 7 nitrogen and oxygen atoms in total. The lowest BCUT2D eigenvalue weighted by Crippen LogP contribution is -2.48. The van der Waals surface area contributed by atoms with Crippen LogP contribution in [0, 0.1) is 6.92 Å². The standard InChI is InChI=1S/C31H30N4O3/c1-21-9-13-23(14-10-21)32-31(37)34(24-15-16-24)20-29(36)35-27-7-4-3-6-26(27)33-19-5-8-28(33)30(35)22-11-17-25(38-2)18-12-22/h3-14,17-19,24,30H,15-16,20H2,1-2H3,(H,32,37). The van der Waals surface area contributed by atoms with E-state index in [9.17, 15) is 9.59 Å². The normalized spacial score (nSPS) is 15.8. The summed E-state index contributed by atoms with van der Waals surface area (Å²) in [5.41, 5.74) is 5.55. The number of urea groups is 1. The van der Waals surface area contributed by atoms with Gasteiger partial charge in [0.1, 0.15) is 18.3 Å². The second kappa shape index (κ2) is 9.74. The van der Waals surface area contributed by atoms with E-state index in [4.69, 9.17) is 4.74 Å². The van der Waals surface area contributed by atoms with Crippen molar-refractivity contribution in [2.24, 2.45) is 0 Å². The molecule has 1 unspecified atom stereocenters. The number of hydrogen-bond acceptors (Lipinski definition) is 3. The summed E-state index contributed by atoms with van der Waals surface area (Å²) in [4.78, 5) is 31.1. The Morgan fingerprint density at radius 1 is 0.921 bits per heavy atom. The number of anilines is 2. The number of nitrogens with zero attached hydrogens (tertiary/aromatic N) is 3. The van der Waals surface area contributed by atoms with Crippen LogP contribution in [0.5, 0.6) is 5.75 Å². The fourth-order valence-corrected chi connectivity index (χ4v) is 5.17. The molecular weight excluding hydrogens is 476 g/mol. The summed E-state index contributed by atoms with van der Waals surface area (Å²) in [5, 5.41) is 2.98. The Bertz CT molecular complexity index is 1470. The predicted molar refractivity (Wildman–Crippen MR) is 148 cm³/mol. The molecule has 2 heterocycles. The van der Waals surface area contributed by atoms with Gasteiger partial charge < -0.3 is 19.5 Å². The Morgan fingerprint density at radius 3 is 2.32 bits per heavy atom. The number of methoxy groups -OCH3 is 1. The minimum absolute atomic E-state index is 0.00986. The lowest BCUT2D eigenvalue weighted by molar-refractivity contribution is -0.119. The van der Waals surface area contributed by atoms with Gasteiger partial charge in [0, 0.05) is 17.9 Å². The zero-order valence-electron chi connectivity index (χ0n) is 21.5. The largest absolute Gasteiger partial charge is 0.497 e. The molecule has 7 heteroatoms. The van der Waals surface area contributed by atoms with Crippen LogP contribution in [0.3, 0.4) is 0 Å². The van der Waals surface area contributed by atoms with Crippen LogP contribution >= 0.6 is 0 Å². The molecule has 1 aromatic heterocycles. The molecule has 6 rings (SSSR count). The summed E-state index contributed by atoms with van der Waals surface area (Å²) in [6, 6.07) is 26.9. The average molecular weight is 507 g/mol. The fourth-order valence-electron chi connectivity index (χ4n) is 5.17. The van der Waals surface area contributed by atoms with Crippen molar-refractivity contribution in [1.82, 2.24) is 9.47 Å². The highest BCUT2D eigenvalue weighted by atomic mass is 16.5. The average Bonchev–Trinajstić information content (AvgIpc) is 3.67. The van der Waals surface area contributed by atoms with Gasteiger partial charge in [-0.1, -0.05) is 42.0 Å². The predicted octanol–water partition coefficient (Wildman–Crippen LogP) is 5.93. The summed E-state index contributed by atoms with van der Waals surface area (Å²) in [5.74, 6) is 0.627. The van der Waals surface area contributed by atoms with E-state index in [2.05, 4.69) is 9.88 Å². The molecule has 0 saturated heterocycles. The zero-order chi connectivity index (χ0) is 26.2. The number of ether oxygens (including phenoxy) is 1. The van der Waals surface area contributed by atoms with Crippen molar-refractivity contribution < 1.29 is 14.3 Å². The molecule has 38 heavy (non-hydrogen) atoms. The van der Waals surface area contributed by atoms with Gasteiger partial charge in [0.25, 0.3) is 0 Å². The number of amides is 3. The first-order valence-corrected chi connectivity index (χ1v) is 12.9. The van der Waals surface area contributed by atoms with Gasteiger partial charge in [-0.3, -0.25) is 9.69 Å². The van der Waals surface area contributed by atoms with Gasteiger partial charge in [-0.2, -0.15) is 0 Å². The Balaban J connectivity index is 1.35. The van der Waals surface area contributed by atoms with Crippen LogP contribution in [0.1, 0.15) is 35.7 Å². The number of benzene rings is 3. The van der Waals surface area contributed by atoms with Gasteiger partial charge >= 0.3 is 6.03 Å². The molecule has 3 amide bonds. The monoisotopic (exact) mass is 506 g/mol. The van der Waals surface area contributed by atoms with Crippen molar-refractivity contribution >= 4 is 23.3 Å². The van der Waals surface area contributed by atoms with Crippen molar-refractivity contribution in [3.63, 3.8) is 0 Å². The van der Waals surface area contributed by atoms with E-state index in [-0.39, 0.29) is 30.6 Å². The van der Waals surface area contributed by atoms with E-state index in [1.165, 1.54) is 0 Å². The molecule has 1 saturated carbocycles. The molecule has 3 aromatic carbocycles. The van der Waals surface area contributed by atoms with Gasteiger partial charge in [0.05, 0.1) is 24.2 Å². The maximum Gasteiger partial charge on any atom is 0.322 e. The summed E-state index contributed by atoms with van der Waals surface area (Å²) in [6.45, 7) is 2.00. The van der Waals surface area contributed by atoms with E-state index in [1.807, 2.05) is 103 Å². The van der Waals surface area contributed by atoms with Crippen LogP contribution in [0.2, 0.25) is 0 Å². The Kier molecular flexibility index (Phi) is 6.12. The van der Waals surface area contributed by atoms with E-state index < -0.39 is 0 Å². The number of para-hydroxylation sites is 2. The van der Waals surface area contributed by atoms with Crippen molar-refractivity contribution in [2.45, 2.75) is 31.8 Å². The van der Waals surface area contributed by atoms with E-state index in [1.54, 1.807) is 12.0 Å². The van der Waals surface area contributed by atoms with Gasteiger partial charge in [-0.25, -0.2) is 4.79 Å². The Morgan fingerprint density at radius 2 is 1.63 bits per heavy atom. The fraction of sp³-hybridized carbons (Fsp3) is 0.226. The molecule has 1 aliphatic carbocycles. The summed E-state index contributed by atoms with van der Waals surface area (Å²) in [7, 11) is 1.64. The number of aryl methyl sites for hydroxylation is 1. The highest BCUT2D eigenvalue weighted by molar-refractivity contribution is 6.01. The molecule has 0 bridgehead atoms. The van der Waals surface area contributed by atoms with Crippen LogP contribution < -0.4 is 15.0 Å². The summed E-state index contributed by atoms with van der Waals surface area (Å²) < 4.78 is 7.51. The van der Waals surface area contributed by atoms with Gasteiger partial charge in [-0.15, -0.1) is 0 Å². The van der Waals surface area contributed by atoms with Gasteiger partial charge in [0.15, 0.2) is 0 Å². The number of nitrogens with one attached hydrogen (secondary N) is 1. The smallest absolute Gasteiger partial charge is 0.322 e.